The van der Waals surface area contributed by atoms with E-state index in [9.17, 15) is 39.4 Å². The van der Waals surface area contributed by atoms with Crippen LogP contribution in [0.3, 0.4) is 0 Å². The van der Waals surface area contributed by atoms with Crippen LogP contribution in [-0.2, 0) is 27.5 Å². The second kappa shape index (κ2) is 15.3. The fraction of sp³-hybridized carbons (Fsp3) is 0.385. The zero-order chi connectivity index (χ0) is 31.5. The van der Waals surface area contributed by atoms with Gasteiger partial charge in [-0.15, -0.1) is 0 Å². The first-order valence-electron chi connectivity index (χ1n) is 12.9. The number of hydrogen-bond acceptors (Lipinski definition) is 11. The lowest BCUT2D eigenvalue weighted by Crippen LogP contribution is -2.48. The van der Waals surface area contributed by atoms with Crippen molar-refractivity contribution in [1.82, 2.24) is 15.1 Å². The second-order valence-electron chi connectivity index (χ2n) is 9.47. The van der Waals surface area contributed by atoms with Gasteiger partial charge in [-0.05, 0) is 41.8 Å². The molecule has 17 heteroatoms. The molecule has 1 saturated heterocycles. The minimum atomic E-state index is -0.797. The van der Waals surface area contributed by atoms with Gasteiger partial charge in [0.25, 0.3) is 11.4 Å². The molecule has 1 unspecified atom stereocenters. The largest absolute Gasteiger partial charge is 0.445 e. The topological polar surface area (TPSA) is 218 Å². The Labute approximate surface area is 249 Å². The minimum absolute atomic E-state index is 0.00903. The average Bonchev–Trinajstić information content (AvgIpc) is 3.35. The molecule has 16 nitrogen and oxygen atoms in total. The van der Waals surface area contributed by atoms with Crippen molar-refractivity contribution in [2.75, 3.05) is 26.2 Å². The number of nitrogens with one attached hydrogen (secondary N) is 1. The molecule has 4 amide bonds. The lowest BCUT2D eigenvalue weighted by molar-refractivity contribution is -0.385. The van der Waals surface area contributed by atoms with Crippen molar-refractivity contribution in [2.24, 2.45) is 5.73 Å². The van der Waals surface area contributed by atoms with Gasteiger partial charge in [0.15, 0.2) is 5.12 Å². The van der Waals surface area contributed by atoms with E-state index in [0.717, 1.165) is 11.8 Å². The van der Waals surface area contributed by atoms with E-state index in [1.807, 2.05) is 0 Å². The number of ether oxygens (including phenoxy) is 2. The molecule has 0 aromatic heterocycles. The number of nitro benzene ring substituents is 2. The van der Waals surface area contributed by atoms with Crippen LogP contribution in [0.25, 0.3) is 0 Å². The van der Waals surface area contributed by atoms with Crippen molar-refractivity contribution in [3.8, 4) is 0 Å². The standard InChI is InChI=1S/C26H30N6O10S/c1-17(33)43-23-12-22(30(14-23)26(36)42-16-19-4-8-21(9-5-19)32(39)40)13-29(11-10-28-24(27)34)25(35)41-15-18-2-6-20(7-3-18)31(37)38/h2-9,22-23H,10-16H2,1H3,(H3,27,28,34)/t22?,23-/m0/s1. The molecule has 0 spiro atoms. The van der Waals surface area contributed by atoms with Gasteiger partial charge in [-0.2, -0.15) is 0 Å². The number of carbonyl (C=O) groups excluding carboxylic acids is 4. The smallest absolute Gasteiger partial charge is 0.410 e. The maximum absolute atomic E-state index is 13.1. The summed E-state index contributed by atoms with van der Waals surface area (Å²) in [5.41, 5.74) is 5.95. The summed E-state index contributed by atoms with van der Waals surface area (Å²) >= 11 is 1.07. The van der Waals surface area contributed by atoms with E-state index in [0.29, 0.717) is 17.5 Å². The highest BCUT2D eigenvalue weighted by molar-refractivity contribution is 8.14. The Morgan fingerprint density at radius 1 is 0.977 bits per heavy atom. The van der Waals surface area contributed by atoms with Crippen LogP contribution in [0.4, 0.5) is 25.8 Å². The predicted octanol–water partition coefficient (Wildman–Crippen LogP) is 3.17. The Kier molecular flexibility index (Phi) is 11.6. The van der Waals surface area contributed by atoms with Gasteiger partial charge in [0.05, 0.1) is 15.9 Å². The zero-order valence-corrected chi connectivity index (χ0v) is 23.9. The monoisotopic (exact) mass is 618 g/mol. The molecular formula is C26H30N6O10S. The Morgan fingerprint density at radius 2 is 1.51 bits per heavy atom. The molecule has 3 rings (SSSR count). The third-order valence-corrected chi connectivity index (χ3v) is 7.34. The summed E-state index contributed by atoms with van der Waals surface area (Å²) in [5.74, 6) is 0. The van der Waals surface area contributed by atoms with E-state index in [-0.39, 0.29) is 61.1 Å². The van der Waals surface area contributed by atoms with Crippen LogP contribution in [-0.4, -0.2) is 80.5 Å². The molecule has 2 atom stereocenters. The minimum Gasteiger partial charge on any atom is -0.445 e. The molecule has 0 radical (unpaired) electrons. The number of carbonyl (C=O) groups is 4. The van der Waals surface area contributed by atoms with E-state index in [2.05, 4.69) is 5.32 Å². The van der Waals surface area contributed by atoms with Crippen molar-refractivity contribution >= 4 is 46.5 Å². The van der Waals surface area contributed by atoms with Crippen LogP contribution in [0.1, 0.15) is 24.5 Å². The van der Waals surface area contributed by atoms with Crippen molar-refractivity contribution in [3.63, 3.8) is 0 Å². The van der Waals surface area contributed by atoms with E-state index in [1.54, 1.807) is 0 Å². The summed E-state index contributed by atoms with van der Waals surface area (Å²) in [7, 11) is 0. The average molecular weight is 619 g/mol. The highest BCUT2D eigenvalue weighted by atomic mass is 32.2. The number of hydrogen-bond donors (Lipinski definition) is 2. The number of thioether (sulfide) groups is 1. The fourth-order valence-electron chi connectivity index (χ4n) is 4.31. The highest BCUT2D eigenvalue weighted by Crippen LogP contribution is 2.30. The summed E-state index contributed by atoms with van der Waals surface area (Å²) in [6, 6.07) is 9.61. The summed E-state index contributed by atoms with van der Waals surface area (Å²) in [6.07, 6.45) is -1.12. The number of urea groups is 1. The highest BCUT2D eigenvalue weighted by Gasteiger charge is 2.39. The number of rotatable bonds is 12. The van der Waals surface area contributed by atoms with Crippen molar-refractivity contribution in [3.05, 3.63) is 79.9 Å². The zero-order valence-electron chi connectivity index (χ0n) is 23.1. The molecular weight excluding hydrogens is 588 g/mol. The molecule has 0 aliphatic carbocycles. The normalized spacial score (nSPS) is 15.8. The number of amides is 4. The Morgan fingerprint density at radius 3 is 2.00 bits per heavy atom. The predicted molar refractivity (Wildman–Crippen MR) is 153 cm³/mol. The van der Waals surface area contributed by atoms with Gasteiger partial charge in [0.1, 0.15) is 13.2 Å². The van der Waals surface area contributed by atoms with Crippen molar-refractivity contribution < 1.29 is 38.5 Å². The fourth-order valence-corrected chi connectivity index (χ4v) is 5.33. The number of benzene rings is 2. The van der Waals surface area contributed by atoms with E-state index in [1.165, 1.54) is 65.3 Å². The Hall–Kier alpha value is -4.93. The molecule has 2 aromatic carbocycles. The van der Waals surface area contributed by atoms with Gasteiger partial charge in [-0.3, -0.25) is 25.0 Å². The molecule has 43 heavy (non-hydrogen) atoms. The van der Waals surface area contributed by atoms with Crippen molar-refractivity contribution in [2.45, 2.75) is 37.9 Å². The number of primary amides is 1. The van der Waals surface area contributed by atoms with Gasteiger partial charge >= 0.3 is 18.2 Å². The van der Waals surface area contributed by atoms with Gasteiger partial charge in [0, 0.05) is 62.6 Å². The summed E-state index contributed by atoms with van der Waals surface area (Å²) < 4.78 is 10.9. The number of nitro groups is 2. The molecule has 1 heterocycles. The lowest BCUT2D eigenvalue weighted by atomic mass is 10.2. The summed E-state index contributed by atoms with van der Waals surface area (Å²) in [4.78, 5) is 72.6. The van der Waals surface area contributed by atoms with E-state index >= 15 is 0 Å². The van der Waals surface area contributed by atoms with E-state index < -0.39 is 34.1 Å². The molecule has 0 saturated carbocycles. The van der Waals surface area contributed by atoms with Crippen LogP contribution in [0, 0.1) is 20.2 Å². The summed E-state index contributed by atoms with van der Waals surface area (Å²) in [5, 5.41) is 23.7. The number of nitrogens with two attached hydrogens (primary N) is 1. The molecule has 1 fully saturated rings. The first-order valence-corrected chi connectivity index (χ1v) is 13.8. The maximum Gasteiger partial charge on any atom is 0.410 e. The molecule has 1 aliphatic rings. The Balaban J connectivity index is 1.70. The second-order valence-corrected chi connectivity index (χ2v) is 10.9. The number of non-ortho nitro benzene ring substituents is 2. The van der Waals surface area contributed by atoms with Crippen LogP contribution in [0.15, 0.2) is 48.5 Å². The molecule has 3 N–H and O–H groups in total. The van der Waals surface area contributed by atoms with Gasteiger partial charge in [-0.25, -0.2) is 14.4 Å². The first-order chi connectivity index (χ1) is 20.4. The van der Waals surface area contributed by atoms with Gasteiger partial charge in [0.2, 0.25) is 0 Å². The van der Waals surface area contributed by atoms with Crippen LogP contribution in [0.2, 0.25) is 0 Å². The van der Waals surface area contributed by atoms with Crippen LogP contribution in [0.5, 0.6) is 0 Å². The summed E-state index contributed by atoms with van der Waals surface area (Å²) in [6.45, 7) is 1.17. The molecule has 1 aliphatic heterocycles. The van der Waals surface area contributed by atoms with Gasteiger partial charge < -0.3 is 30.3 Å². The van der Waals surface area contributed by atoms with E-state index in [4.69, 9.17) is 15.2 Å². The number of nitrogens with zero attached hydrogens (tertiary/aromatic N) is 4. The quantitative estimate of drug-likeness (QED) is 0.260. The first kappa shape index (κ1) is 32.6. The van der Waals surface area contributed by atoms with Gasteiger partial charge in [-0.1, -0.05) is 11.8 Å². The maximum atomic E-state index is 13.1. The van der Waals surface area contributed by atoms with Crippen LogP contribution >= 0.6 is 11.8 Å². The Bertz CT molecular complexity index is 1340. The molecule has 230 valence electrons. The SMILES string of the molecule is CC(=O)S[C@H]1CC(CN(CCNC(N)=O)C(=O)OCc2ccc([N+](=O)[O-])cc2)N(C(=O)OCc2ccc([N+](=O)[O-])cc2)C1. The van der Waals surface area contributed by atoms with Crippen LogP contribution < -0.4 is 11.1 Å². The molecule has 0 bridgehead atoms. The lowest BCUT2D eigenvalue weighted by Gasteiger charge is -2.30. The third kappa shape index (κ3) is 10.1. The molecule has 2 aromatic rings. The number of likely N-dealkylation sites (tertiary alicyclic amines) is 1. The van der Waals surface area contributed by atoms with Crippen molar-refractivity contribution in [1.29, 1.82) is 0 Å². The third-order valence-electron chi connectivity index (χ3n) is 6.33.